The zero-order valence-electron chi connectivity index (χ0n) is 16.1. The summed E-state index contributed by atoms with van der Waals surface area (Å²) < 4.78 is 27.2. The van der Waals surface area contributed by atoms with E-state index in [9.17, 15) is 13.2 Å². The fourth-order valence-corrected chi connectivity index (χ4v) is 7.72. The molecule has 0 unspecified atom stereocenters. The molecule has 1 heterocycles. The van der Waals surface area contributed by atoms with E-state index in [0.717, 1.165) is 17.8 Å². The number of rotatable bonds is 5. The van der Waals surface area contributed by atoms with Crippen LogP contribution >= 0.6 is 0 Å². The Bertz CT molecular complexity index is 618. The number of amides is 1. The lowest BCUT2D eigenvalue weighted by atomic mass is 9.49. The van der Waals surface area contributed by atoms with Crippen LogP contribution in [0.3, 0.4) is 0 Å². The molecule has 7 heteroatoms. The van der Waals surface area contributed by atoms with Crippen LogP contribution in [-0.4, -0.2) is 56.2 Å². The molecule has 1 N–H and O–H groups in total. The second kappa shape index (κ2) is 6.74. The first-order valence-corrected chi connectivity index (χ1v) is 11.6. The smallest absolute Gasteiger partial charge is 0.281 e. The van der Waals surface area contributed by atoms with Gasteiger partial charge in [0.2, 0.25) is 5.91 Å². The number of carbonyl (C=O) groups is 1. The minimum atomic E-state index is -3.33. The quantitative estimate of drug-likeness (QED) is 0.789. The molecule has 4 saturated carbocycles. The highest BCUT2D eigenvalue weighted by Crippen LogP contribution is 2.61. The molecular weight excluding hydrogens is 350 g/mol. The topological polar surface area (TPSA) is 69.7 Å². The van der Waals surface area contributed by atoms with E-state index in [-0.39, 0.29) is 17.4 Å². The van der Waals surface area contributed by atoms with Crippen molar-refractivity contribution in [2.75, 3.05) is 27.2 Å². The standard InChI is InChI=1S/C19H33N3O3S/c1-21(2)26(24,25)22-5-3-17(4-6-22)20-18(23)13-19-10-14-7-15(11-19)9-16(8-14)12-19/h14-17H,3-13H2,1-2H3,(H,20,23). The highest BCUT2D eigenvalue weighted by atomic mass is 32.2. The molecule has 0 aromatic carbocycles. The van der Waals surface area contributed by atoms with E-state index in [0.29, 0.717) is 32.4 Å². The monoisotopic (exact) mass is 383 g/mol. The third kappa shape index (κ3) is 3.54. The summed E-state index contributed by atoms with van der Waals surface area (Å²) in [7, 11) is -0.206. The number of nitrogens with one attached hydrogen (secondary N) is 1. The van der Waals surface area contributed by atoms with Crippen molar-refractivity contribution in [3.63, 3.8) is 0 Å². The molecule has 4 bridgehead atoms. The molecular formula is C19H33N3O3S. The number of carbonyl (C=O) groups excluding carboxylic acids is 1. The van der Waals surface area contributed by atoms with Crippen LogP contribution in [0.1, 0.15) is 57.8 Å². The van der Waals surface area contributed by atoms with Crippen molar-refractivity contribution in [1.29, 1.82) is 0 Å². The van der Waals surface area contributed by atoms with Gasteiger partial charge in [0, 0.05) is 39.6 Å². The number of piperidine rings is 1. The molecule has 0 spiro atoms. The van der Waals surface area contributed by atoms with Gasteiger partial charge in [-0.15, -0.1) is 0 Å². The van der Waals surface area contributed by atoms with E-state index in [4.69, 9.17) is 0 Å². The molecule has 1 aliphatic heterocycles. The van der Waals surface area contributed by atoms with Crippen molar-refractivity contribution >= 4 is 16.1 Å². The van der Waals surface area contributed by atoms with E-state index >= 15 is 0 Å². The van der Waals surface area contributed by atoms with Crippen molar-refractivity contribution in [3.05, 3.63) is 0 Å². The Morgan fingerprint density at radius 3 is 2.00 bits per heavy atom. The predicted octanol–water partition coefficient (Wildman–Crippen LogP) is 1.98. The van der Waals surface area contributed by atoms with Gasteiger partial charge in [-0.05, 0) is 74.5 Å². The van der Waals surface area contributed by atoms with E-state index in [1.165, 1.54) is 47.1 Å². The van der Waals surface area contributed by atoms with Gasteiger partial charge < -0.3 is 5.32 Å². The Kier molecular flexibility index (Phi) is 4.85. The lowest BCUT2D eigenvalue weighted by molar-refractivity contribution is -0.130. The first kappa shape index (κ1) is 18.7. The van der Waals surface area contributed by atoms with Gasteiger partial charge in [-0.25, -0.2) is 0 Å². The molecule has 0 radical (unpaired) electrons. The molecule has 26 heavy (non-hydrogen) atoms. The van der Waals surface area contributed by atoms with Gasteiger partial charge in [0.25, 0.3) is 10.2 Å². The minimum Gasteiger partial charge on any atom is -0.353 e. The molecule has 5 fully saturated rings. The van der Waals surface area contributed by atoms with E-state index in [2.05, 4.69) is 5.32 Å². The van der Waals surface area contributed by atoms with Crippen molar-refractivity contribution in [3.8, 4) is 0 Å². The van der Waals surface area contributed by atoms with Crippen LogP contribution in [0.5, 0.6) is 0 Å². The highest BCUT2D eigenvalue weighted by molar-refractivity contribution is 7.86. The fourth-order valence-electron chi connectivity index (χ4n) is 6.59. The molecule has 0 aromatic rings. The molecule has 0 atom stereocenters. The van der Waals surface area contributed by atoms with Crippen LogP contribution in [0, 0.1) is 23.2 Å². The lowest BCUT2D eigenvalue weighted by Gasteiger charge is -2.56. The van der Waals surface area contributed by atoms with Gasteiger partial charge in [0.1, 0.15) is 0 Å². The maximum Gasteiger partial charge on any atom is 0.281 e. The molecule has 1 saturated heterocycles. The number of nitrogens with zero attached hydrogens (tertiary/aromatic N) is 2. The summed E-state index contributed by atoms with van der Waals surface area (Å²) in [5.41, 5.74) is 0.272. The third-order valence-corrected chi connectivity index (χ3v) is 9.25. The maximum absolute atomic E-state index is 12.7. The SMILES string of the molecule is CN(C)S(=O)(=O)N1CCC(NC(=O)CC23CC4CC(CC(C4)C2)C3)CC1. The second-order valence-corrected chi connectivity index (χ2v) is 11.8. The van der Waals surface area contributed by atoms with Crippen LogP contribution in [0.4, 0.5) is 0 Å². The second-order valence-electron chi connectivity index (χ2n) is 9.63. The summed E-state index contributed by atoms with van der Waals surface area (Å²) >= 11 is 0. The number of hydrogen-bond acceptors (Lipinski definition) is 3. The first-order chi connectivity index (χ1) is 12.3. The Labute approximate surface area is 157 Å². The van der Waals surface area contributed by atoms with Gasteiger partial charge in [0.05, 0.1) is 0 Å². The summed E-state index contributed by atoms with van der Waals surface area (Å²) in [6.45, 7) is 0.978. The van der Waals surface area contributed by atoms with Crippen molar-refractivity contribution < 1.29 is 13.2 Å². The van der Waals surface area contributed by atoms with Gasteiger partial charge >= 0.3 is 0 Å². The molecule has 0 aromatic heterocycles. The average molecular weight is 384 g/mol. The summed E-state index contributed by atoms with van der Waals surface area (Å²) in [5.74, 6) is 2.80. The van der Waals surface area contributed by atoms with Crippen LogP contribution in [0.2, 0.25) is 0 Å². The normalized spacial score (nSPS) is 38.0. The Hall–Kier alpha value is -0.660. The van der Waals surface area contributed by atoms with Crippen molar-refractivity contribution in [1.82, 2.24) is 13.9 Å². The van der Waals surface area contributed by atoms with Gasteiger partial charge in [-0.1, -0.05) is 0 Å². The Morgan fingerprint density at radius 1 is 1.04 bits per heavy atom. The summed E-state index contributed by atoms with van der Waals surface area (Å²) in [5, 5.41) is 3.22. The first-order valence-electron chi connectivity index (χ1n) is 10.2. The van der Waals surface area contributed by atoms with Crippen molar-refractivity contribution in [2.45, 2.75) is 63.8 Å². The third-order valence-electron chi connectivity index (χ3n) is 7.31. The van der Waals surface area contributed by atoms with Crippen LogP contribution < -0.4 is 5.32 Å². The average Bonchev–Trinajstić information content (AvgIpc) is 2.53. The zero-order valence-corrected chi connectivity index (χ0v) is 16.9. The van der Waals surface area contributed by atoms with E-state index in [1.54, 1.807) is 14.1 Å². The Morgan fingerprint density at radius 2 is 1.54 bits per heavy atom. The molecule has 148 valence electrons. The molecule has 1 amide bonds. The molecule has 4 aliphatic carbocycles. The Balaban J connectivity index is 1.29. The molecule has 5 rings (SSSR count). The summed E-state index contributed by atoms with van der Waals surface area (Å²) in [4.78, 5) is 12.7. The largest absolute Gasteiger partial charge is 0.353 e. The van der Waals surface area contributed by atoms with E-state index in [1.807, 2.05) is 0 Å². The van der Waals surface area contributed by atoms with E-state index < -0.39 is 10.2 Å². The van der Waals surface area contributed by atoms with Gasteiger partial charge in [-0.2, -0.15) is 17.0 Å². The molecule has 5 aliphatic rings. The zero-order chi connectivity index (χ0) is 18.5. The summed E-state index contributed by atoms with van der Waals surface area (Å²) in [6.07, 6.45) is 10.1. The van der Waals surface area contributed by atoms with Crippen LogP contribution in [-0.2, 0) is 15.0 Å². The maximum atomic E-state index is 12.7. The minimum absolute atomic E-state index is 0.116. The lowest BCUT2D eigenvalue weighted by Crippen LogP contribution is -2.51. The summed E-state index contributed by atoms with van der Waals surface area (Å²) in [6, 6.07) is 0.116. The fraction of sp³-hybridized carbons (Fsp3) is 0.947. The predicted molar refractivity (Wildman–Crippen MR) is 101 cm³/mol. The number of hydrogen-bond donors (Lipinski definition) is 1. The van der Waals surface area contributed by atoms with Crippen molar-refractivity contribution in [2.24, 2.45) is 23.2 Å². The van der Waals surface area contributed by atoms with Crippen LogP contribution in [0.25, 0.3) is 0 Å². The highest BCUT2D eigenvalue weighted by Gasteiger charge is 2.51. The van der Waals surface area contributed by atoms with Gasteiger partial charge in [-0.3, -0.25) is 4.79 Å². The van der Waals surface area contributed by atoms with Crippen LogP contribution in [0.15, 0.2) is 0 Å². The molecule has 6 nitrogen and oxygen atoms in total. The van der Waals surface area contributed by atoms with Gasteiger partial charge in [0.15, 0.2) is 0 Å².